The van der Waals surface area contributed by atoms with Crippen LogP contribution in [0.2, 0.25) is 0 Å². The van der Waals surface area contributed by atoms with Gasteiger partial charge in [-0.2, -0.15) is 0 Å². The molecular weight excluding hydrogens is 458 g/mol. The lowest BCUT2D eigenvalue weighted by atomic mass is 9.77. The Morgan fingerprint density at radius 1 is 1.42 bits per heavy atom. The number of hydrogen-bond donors (Lipinski definition) is 0. The molecule has 104 valence electrons. The third-order valence-corrected chi connectivity index (χ3v) is 6.59. The fourth-order valence-electron chi connectivity index (χ4n) is 3.00. The summed E-state index contributed by atoms with van der Waals surface area (Å²) in [4.78, 5) is 0. The second-order valence-corrected chi connectivity index (χ2v) is 8.79. The first-order valence-electron chi connectivity index (χ1n) is 7.04. The van der Waals surface area contributed by atoms with E-state index in [-0.39, 0.29) is 5.41 Å². The molecule has 2 aliphatic rings. The second-order valence-electron chi connectivity index (χ2n) is 6.02. The van der Waals surface area contributed by atoms with Gasteiger partial charge in [-0.3, -0.25) is 0 Å². The molecule has 2 rings (SSSR count). The topological polar surface area (TPSA) is 0 Å². The van der Waals surface area contributed by atoms with Gasteiger partial charge in [-0.25, -0.2) is 0 Å². The normalized spacial score (nSPS) is 28.7. The lowest BCUT2D eigenvalue weighted by Crippen LogP contribution is -2.19. The van der Waals surface area contributed by atoms with E-state index < -0.39 is 0 Å². The summed E-state index contributed by atoms with van der Waals surface area (Å²) in [5.74, 6) is 0.619. The van der Waals surface area contributed by atoms with E-state index in [2.05, 4.69) is 91.1 Å². The first kappa shape index (κ1) is 15.8. The average Bonchev–Trinajstić information content (AvgIpc) is 2.56. The molecule has 0 saturated carbocycles. The first-order valence-corrected chi connectivity index (χ1v) is 9.20. The molecule has 0 saturated heterocycles. The molecule has 0 heterocycles. The van der Waals surface area contributed by atoms with Crippen molar-refractivity contribution in [3.8, 4) is 0 Å². The van der Waals surface area contributed by atoms with Crippen LogP contribution in [0.5, 0.6) is 0 Å². The monoisotopic (exact) mass is 480 g/mol. The first-order chi connectivity index (χ1) is 8.87. The van der Waals surface area contributed by atoms with Crippen LogP contribution in [0.15, 0.2) is 42.1 Å². The van der Waals surface area contributed by atoms with Crippen molar-refractivity contribution in [1.82, 2.24) is 0 Å². The fourth-order valence-corrected chi connectivity index (χ4v) is 3.76. The number of allylic oxidation sites excluding steroid dienone is 8. The molecule has 2 aliphatic carbocycles. The predicted molar refractivity (Wildman–Crippen MR) is 102 cm³/mol. The zero-order valence-electron chi connectivity index (χ0n) is 12.2. The van der Waals surface area contributed by atoms with E-state index in [1.54, 1.807) is 16.7 Å². The highest BCUT2D eigenvalue weighted by Gasteiger charge is 2.41. The predicted octanol–water partition coefficient (Wildman–Crippen LogP) is 6.73. The van der Waals surface area contributed by atoms with Gasteiger partial charge in [0.2, 0.25) is 0 Å². The van der Waals surface area contributed by atoms with Crippen LogP contribution in [-0.4, -0.2) is 0 Å². The Morgan fingerprint density at radius 2 is 2.11 bits per heavy atom. The largest absolute Gasteiger partial charge is 0.0608 e. The Hall–Kier alpha value is 0.420. The standard InChI is InChI=1S/C17H22I2/c1-5-12(18)6-8-14-11(2)17(3,4)16-10-13(19)7-9-15(14)16/h6,8,10-11H,5,7,9H2,1-4H3/b12-6+,14-8+. The number of halogens is 2. The van der Waals surface area contributed by atoms with Crippen LogP contribution in [0.25, 0.3) is 0 Å². The molecule has 0 bridgehead atoms. The molecule has 0 aromatic carbocycles. The van der Waals surface area contributed by atoms with Gasteiger partial charge in [-0.05, 0) is 106 Å². The van der Waals surface area contributed by atoms with Gasteiger partial charge >= 0.3 is 0 Å². The Kier molecular flexibility index (Phi) is 5.02. The van der Waals surface area contributed by atoms with Crippen LogP contribution in [0.1, 0.15) is 47.0 Å². The van der Waals surface area contributed by atoms with E-state index >= 15 is 0 Å². The van der Waals surface area contributed by atoms with Gasteiger partial charge < -0.3 is 0 Å². The zero-order chi connectivity index (χ0) is 14.2. The minimum atomic E-state index is 0.281. The van der Waals surface area contributed by atoms with E-state index in [0.29, 0.717) is 5.92 Å². The lowest BCUT2D eigenvalue weighted by Gasteiger charge is -2.27. The van der Waals surface area contributed by atoms with E-state index in [0.717, 1.165) is 6.42 Å². The molecule has 0 radical (unpaired) electrons. The molecule has 0 N–H and O–H groups in total. The van der Waals surface area contributed by atoms with Crippen molar-refractivity contribution in [3.05, 3.63) is 42.1 Å². The minimum Gasteiger partial charge on any atom is -0.0608 e. The van der Waals surface area contributed by atoms with Crippen LogP contribution >= 0.6 is 45.2 Å². The second kappa shape index (κ2) is 6.04. The van der Waals surface area contributed by atoms with Gasteiger partial charge in [0.1, 0.15) is 0 Å². The number of hydrogen-bond acceptors (Lipinski definition) is 0. The molecule has 0 amide bonds. The molecule has 0 spiro atoms. The third kappa shape index (κ3) is 3.04. The highest BCUT2D eigenvalue weighted by molar-refractivity contribution is 14.1. The van der Waals surface area contributed by atoms with Crippen LogP contribution in [0.4, 0.5) is 0 Å². The summed E-state index contributed by atoms with van der Waals surface area (Å²) in [6, 6.07) is 0. The summed E-state index contributed by atoms with van der Waals surface area (Å²) in [5, 5.41) is 0. The Bertz CT molecular complexity index is 501. The third-order valence-electron chi connectivity index (χ3n) is 4.61. The van der Waals surface area contributed by atoms with Gasteiger partial charge in [0, 0.05) is 0 Å². The fraction of sp³-hybridized carbons (Fsp3) is 0.529. The minimum absolute atomic E-state index is 0.281. The Morgan fingerprint density at radius 3 is 2.74 bits per heavy atom. The van der Waals surface area contributed by atoms with Crippen LogP contribution in [0, 0.1) is 11.3 Å². The molecular formula is C17H22I2. The lowest BCUT2D eigenvalue weighted by molar-refractivity contribution is 0.360. The summed E-state index contributed by atoms with van der Waals surface area (Å²) < 4.78 is 2.95. The summed E-state index contributed by atoms with van der Waals surface area (Å²) in [6.45, 7) is 9.40. The van der Waals surface area contributed by atoms with Crippen LogP contribution in [-0.2, 0) is 0 Å². The summed E-state index contributed by atoms with van der Waals surface area (Å²) >= 11 is 4.94. The van der Waals surface area contributed by atoms with Gasteiger partial charge in [0.15, 0.2) is 0 Å². The van der Waals surface area contributed by atoms with E-state index in [4.69, 9.17) is 0 Å². The van der Waals surface area contributed by atoms with Gasteiger partial charge in [-0.1, -0.05) is 39.8 Å². The highest BCUT2D eigenvalue weighted by atomic mass is 127. The average molecular weight is 480 g/mol. The van der Waals surface area contributed by atoms with Crippen molar-refractivity contribution >= 4 is 45.2 Å². The van der Waals surface area contributed by atoms with Crippen molar-refractivity contribution in [2.24, 2.45) is 11.3 Å². The molecule has 19 heavy (non-hydrogen) atoms. The molecule has 0 nitrogen and oxygen atoms in total. The highest BCUT2D eigenvalue weighted by Crippen LogP contribution is 2.54. The molecule has 0 aliphatic heterocycles. The molecule has 1 atom stereocenters. The smallest absolute Gasteiger partial charge is 0.00344 e. The van der Waals surface area contributed by atoms with Gasteiger partial charge in [-0.15, -0.1) is 0 Å². The van der Waals surface area contributed by atoms with Crippen molar-refractivity contribution in [3.63, 3.8) is 0 Å². The van der Waals surface area contributed by atoms with Crippen molar-refractivity contribution in [1.29, 1.82) is 0 Å². The molecule has 0 aromatic rings. The SMILES string of the molecule is CC/C(I)=C\C=C1\C2=C(C=C(I)CC2)C(C)(C)C1C. The Labute approximate surface area is 144 Å². The number of rotatable bonds is 2. The van der Waals surface area contributed by atoms with Gasteiger partial charge in [0.25, 0.3) is 0 Å². The maximum atomic E-state index is 2.50. The van der Waals surface area contributed by atoms with Crippen LogP contribution in [0.3, 0.4) is 0 Å². The zero-order valence-corrected chi connectivity index (χ0v) is 16.5. The van der Waals surface area contributed by atoms with Crippen LogP contribution < -0.4 is 0 Å². The van der Waals surface area contributed by atoms with E-state index in [1.165, 1.54) is 20.0 Å². The molecule has 2 heteroatoms. The Balaban J connectivity index is 2.47. The summed E-state index contributed by atoms with van der Waals surface area (Å²) in [5.41, 5.74) is 5.06. The van der Waals surface area contributed by atoms with Gasteiger partial charge in [0.05, 0.1) is 0 Å². The summed E-state index contributed by atoms with van der Waals surface area (Å²) in [6.07, 6.45) is 10.7. The van der Waals surface area contributed by atoms with E-state index in [9.17, 15) is 0 Å². The summed E-state index contributed by atoms with van der Waals surface area (Å²) in [7, 11) is 0. The quantitative estimate of drug-likeness (QED) is 0.385. The maximum Gasteiger partial charge on any atom is -0.00344 e. The van der Waals surface area contributed by atoms with Crippen molar-refractivity contribution in [2.75, 3.05) is 0 Å². The molecule has 0 fully saturated rings. The molecule has 0 aromatic heterocycles. The van der Waals surface area contributed by atoms with Crippen molar-refractivity contribution in [2.45, 2.75) is 47.0 Å². The maximum absolute atomic E-state index is 2.50. The van der Waals surface area contributed by atoms with E-state index in [1.807, 2.05) is 0 Å². The molecule has 1 unspecified atom stereocenters. The van der Waals surface area contributed by atoms with Crippen molar-refractivity contribution < 1.29 is 0 Å².